The van der Waals surface area contributed by atoms with Crippen LogP contribution in [0.25, 0.3) is 11.0 Å². The molecular weight excluding hydrogens is 356 g/mol. The Morgan fingerprint density at radius 3 is 2.50 bits per heavy atom. The highest BCUT2D eigenvalue weighted by molar-refractivity contribution is 6.05. The summed E-state index contributed by atoms with van der Waals surface area (Å²) < 4.78 is 2.08. The molecule has 1 N–H and O–H groups in total. The Morgan fingerprint density at radius 2 is 1.79 bits per heavy atom. The highest BCUT2D eigenvalue weighted by Crippen LogP contribution is 2.37. The van der Waals surface area contributed by atoms with E-state index in [0.29, 0.717) is 13.1 Å². The van der Waals surface area contributed by atoms with E-state index in [-0.39, 0.29) is 42.5 Å². The number of nitrogens with zero attached hydrogens (tertiary/aromatic N) is 3. The van der Waals surface area contributed by atoms with E-state index in [1.54, 1.807) is 0 Å². The van der Waals surface area contributed by atoms with Crippen LogP contribution in [0.4, 0.5) is 0 Å². The van der Waals surface area contributed by atoms with E-state index >= 15 is 0 Å². The lowest BCUT2D eigenvalue weighted by Crippen LogP contribution is -2.36. The van der Waals surface area contributed by atoms with Gasteiger partial charge in [-0.3, -0.25) is 19.3 Å². The molecule has 0 spiro atoms. The minimum absolute atomic E-state index is 0.0805. The van der Waals surface area contributed by atoms with Crippen molar-refractivity contribution >= 4 is 28.8 Å². The monoisotopic (exact) mass is 382 g/mol. The fourth-order valence-electron chi connectivity index (χ4n) is 4.54. The van der Waals surface area contributed by atoms with Crippen LogP contribution in [-0.2, 0) is 20.9 Å². The first kappa shape index (κ1) is 18.7. The third kappa shape index (κ3) is 3.41. The summed E-state index contributed by atoms with van der Waals surface area (Å²) in [7, 11) is 0. The van der Waals surface area contributed by atoms with Crippen molar-refractivity contribution in [3.05, 3.63) is 30.1 Å². The van der Waals surface area contributed by atoms with E-state index in [0.717, 1.165) is 42.5 Å². The number of carbonyl (C=O) groups excluding carboxylic acids is 3. The Labute approximate surface area is 164 Å². The molecule has 4 rings (SSSR count). The van der Waals surface area contributed by atoms with Gasteiger partial charge < -0.3 is 9.88 Å². The number of nitrogens with one attached hydrogen (secondary N) is 1. The van der Waals surface area contributed by atoms with Crippen molar-refractivity contribution in [2.24, 2.45) is 11.8 Å². The molecular formula is C21H26N4O3. The summed E-state index contributed by atoms with van der Waals surface area (Å²) in [5, 5.41) is 2.89. The van der Waals surface area contributed by atoms with Gasteiger partial charge in [0, 0.05) is 26.1 Å². The SMILES string of the molecule is Cc1nc2ccccc2n1CCNC(=O)CCN1C(=O)C2CCCCC2C1=O. The van der Waals surface area contributed by atoms with Crippen LogP contribution in [0.5, 0.6) is 0 Å². The number of imidazole rings is 1. The molecule has 2 aliphatic rings. The van der Waals surface area contributed by atoms with Gasteiger partial charge in [0.2, 0.25) is 17.7 Å². The summed E-state index contributed by atoms with van der Waals surface area (Å²) >= 11 is 0. The highest BCUT2D eigenvalue weighted by Gasteiger charge is 2.47. The summed E-state index contributed by atoms with van der Waals surface area (Å²) in [6.45, 7) is 3.24. The number of benzene rings is 1. The third-order valence-corrected chi connectivity index (χ3v) is 6.00. The van der Waals surface area contributed by atoms with Crippen LogP contribution < -0.4 is 5.32 Å². The molecule has 28 heavy (non-hydrogen) atoms. The number of hydrogen-bond donors (Lipinski definition) is 1. The summed E-state index contributed by atoms with van der Waals surface area (Å²) in [5.41, 5.74) is 1.99. The number of amides is 3. The van der Waals surface area contributed by atoms with Gasteiger partial charge in [-0.25, -0.2) is 4.98 Å². The van der Waals surface area contributed by atoms with Crippen LogP contribution in [0, 0.1) is 18.8 Å². The molecule has 2 fully saturated rings. The highest BCUT2D eigenvalue weighted by atomic mass is 16.2. The summed E-state index contributed by atoms with van der Waals surface area (Å²) in [5.74, 6) is 0.304. The van der Waals surface area contributed by atoms with Gasteiger partial charge in [0.25, 0.3) is 0 Å². The molecule has 148 valence electrons. The second-order valence-electron chi connectivity index (χ2n) is 7.72. The zero-order chi connectivity index (χ0) is 19.7. The number of fused-ring (bicyclic) bond motifs is 2. The van der Waals surface area contributed by atoms with Crippen molar-refractivity contribution in [1.82, 2.24) is 19.8 Å². The predicted molar refractivity (Wildman–Crippen MR) is 104 cm³/mol. The van der Waals surface area contributed by atoms with Crippen LogP contribution in [0.2, 0.25) is 0 Å². The maximum atomic E-state index is 12.5. The molecule has 1 aromatic heterocycles. The lowest BCUT2D eigenvalue weighted by Gasteiger charge is -2.19. The number of hydrogen-bond acceptors (Lipinski definition) is 4. The largest absolute Gasteiger partial charge is 0.354 e. The molecule has 1 aliphatic carbocycles. The molecule has 1 aliphatic heterocycles. The van der Waals surface area contributed by atoms with E-state index in [1.807, 2.05) is 31.2 Å². The number of aryl methyl sites for hydroxylation is 1. The van der Waals surface area contributed by atoms with Gasteiger partial charge in [-0.2, -0.15) is 0 Å². The van der Waals surface area contributed by atoms with Gasteiger partial charge in [-0.1, -0.05) is 25.0 Å². The number of imide groups is 1. The maximum absolute atomic E-state index is 12.5. The first-order valence-corrected chi connectivity index (χ1v) is 10.1. The van der Waals surface area contributed by atoms with E-state index < -0.39 is 0 Å². The fraction of sp³-hybridized carbons (Fsp3) is 0.524. The lowest BCUT2D eigenvalue weighted by molar-refractivity contribution is -0.140. The van der Waals surface area contributed by atoms with Gasteiger partial charge in [0.05, 0.1) is 22.9 Å². The van der Waals surface area contributed by atoms with Crippen molar-refractivity contribution in [2.45, 2.75) is 45.6 Å². The molecule has 2 heterocycles. The molecule has 2 unspecified atom stereocenters. The molecule has 2 aromatic rings. The Morgan fingerprint density at radius 1 is 1.11 bits per heavy atom. The van der Waals surface area contributed by atoms with Crippen molar-refractivity contribution in [2.75, 3.05) is 13.1 Å². The second-order valence-corrected chi connectivity index (χ2v) is 7.72. The topological polar surface area (TPSA) is 84.3 Å². The van der Waals surface area contributed by atoms with E-state index in [2.05, 4.69) is 14.9 Å². The number of likely N-dealkylation sites (tertiary alicyclic amines) is 1. The number of para-hydroxylation sites is 2. The van der Waals surface area contributed by atoms with Crippen molar-refractivity contribution in [1.29, 1.82) is 0 Å². The zero-order valence-electron chi connectivity index (χ0n) is 16.2. The minimum Gasteiger partial charge on any atom is -0.354 e. The zero-order valence-corrected chi connectivity index (χ0v) is 16.2. The second kappa shape index (κ2) is 7.73. The van der Waals surface area contributed by atoms with Gasteiger partial charge in [-0.15, -0.1) is 0 Å². The smallest absolute Gasteiger partial charge is 0.233 e. The lowest BCUT2D eigenvalue weighted by atomic mass is 9.81. The minimum atomic E-state index is -0.151. The average Bonchev–Trinajstić information content (AvgIpc) is 3.15. The Kier molecular flexibility index (Phi) is 5.15. The number of carbonyl (C=O) groups is 3. The van der Waals surface area contributed by atoms with Gasteiger partial charge in [-0.05, 0) is 31.9 Å². The van der Waals surface area contributed by atoms with Gasteiger partial charge >= 0.3 is 0 Å². The molecule has 2 atom stereocenters. The van der Waals surface area contributed by atoms with Crippen LogP contribution in [-0.4, -0.2) is 45.3 Å². The first-order chi connectivity index (χ1) is 13.6. The number of rotatable bonds is 6. The molecule has 3 amide bonds. The molecule has 1 aromatic carbocycles. The standard InChI is InChI=1S/C21H26N4O3/c1-14-23-17-8-4-5-9-18(17)24(14)13-11-22-19(26)10-12-25-20(27)15-6-2-3-7-16(15)21(25)28/h4-5,8-9,15-16H,2-3,6-7,10-13H2,1H3,(H,22,26). The van der Waals surface area contributed by atoms with Crippen molar-refractivity contribution in [3.8, 4) is 0 Å². The quantitative estimate of drug-likeness (QED) is 0.775. The summed E-state index contributed by atoms with van der Waals surface area (Å²) in [6.07, 6.45) is 3.78. The Hall–Kier alpha value is -2.70. The maximum Gasteiger partial charge on any atom is 0.233 e. The predicted octanol–water partition coefficient (Wildman–Crippen LogP) is 2.03. The molecule has 7 heteroatoms. The van der Waals surface area contributed by atoms with Crippen molar-refractivity contribution < 1.29 is 14.4 Å². The molecule has 0 radical (unpaired) electrons. The summed E-state index contributed by atoms with van der Waals surface area (Å²) in [4.78, 5) is 43.0. The van der Waals surface area contributed by atoms with Crippen LogP contribution in [0.3, 0.4) is 0 Å². The molecule has 7 nitrogen and oxygen atoms in total. The number of aromatic nitrogens is 2. The molecule has 0 bridgehead atoms. The summed E-state index contributed by atoms with van der Waals surface area (Å²) in [6, 6.07) is 7.92. The van der Waals surface area contributed by atoms with E-state index in [1.165, 1.54) is 4.90 Å². The van der Waals surface area contributed by atoms with Gasteiger partial charge in [0.15, 0.2) is 0 Å². The van der Waals surface area contributed by atoms with E-state index in [4.69, 9.17) is 0 Å². The third-order valence-electron chi connectivity index (χ3n) is 6.00. The van der Waals surface area contributed by atoms with Crippen LogP contribution >= 0.6 is 0 Å². The average molecular weight is 382 g/mol. The Balaban J connectivity index is 1.28. The first-order valence-electron chi connectivity index (χ1n) is 10.1. The van der Waals surface area contributed by atoms with E-state index in [9.17, 15) is 14.4 Å². The molecule has 1 saturated carbocycles. The normalized spacial score (nSPS) is 22.0. The molecule has 1 saturated heterocycles. The van der Waals surface area contributed by atoms with Crippen molar-refractivity contribution in [3.63, 3.8) is 0 Å². The van der Waals surface area contributed by atoms with Crippen LogP contribution in [0.1, 0.15) is 37.9 Å². The Bertz CT molecular complexity index is 896. The van der Waals surface area contributed by atoms with Crippen LogP contribution in [0.15, 0.2) is 24.3 Å². The fourth-order valence-corrected chi connectivity index (χ4v) is 4.54. The van der Waals surface area contributed by atoms with Gasteiger partial charge in [0.1, 0.15) is 5.82 Å².